The molecule has 0 atom stereocenters. The van der Waals surface area contributed by atoms with Crippen LogP contribution in [-0.4, -0.2) is 26.0 Å². The van der Waals surface area contributed by atoms with Crippen molar-refractivity contribution < 1.29 is 13.2 Å². The minimum absolute atomic E-state index is 0.243. The lowest BCUT2D eigenvalue weighted by molar-refractivity contribution is 0.278. The van der Waals surface area contributed by atoms with Gasteiger partial charge in [-0.25, -0.2) is 8.42 Å². The van der Waals surface area contributed by atoms with Crippen molar-refractivity contribution in [3.05, 3.63) is 29.8 Å². The van der Waals surface area contributed by atoms with Crippen molar-refractivity contribution >= 4 is 9.84 Å². The predicted molar refractivity (Wildman–Crippen MR) is 110 cm³/mol. The first-order valence-corrected chi connectivity index (χ1v) is 12.1. The van der Waals surface area contributed by atoms with Crippen LogP contribution < -0.4 is 4.74 Å². The molecule has 0 radical (unpaired) electrons. The van der Waals surface area contributed by atoms with E-state index in [2.05, 4.69) is 25.1 Å². The van der Waals surface area contributed by atoms with Crippen molar-refractivity contribution in [3.8, 4) is 5.75 Å². The van der Waals surface area contributed by atoms with Crippen LogP contribution in [0.5, 0.6) is 5.75 Å². The lowest BCUT2D eigenvalue weighted by Crippen LogP contribution is -2.26. The molecule has 0 amide bonds. The molecule has 26 heavy (non-hydrogen) atoms. The molecule has 0 aliphatic heterocycles. The summed E-state index contributed by atoms with van der Waals surface area (Å²) in [5.74, 6) is 2.47. The summed E-state index contributed by atoms with van der Waals surface area (Å²) in [6.07, 6.45) is 9.01. The summed E-state index contributed by atoms with van der Waals surface area (Å²) in [5, 5.41) is -0.243. The van der Waals surface area contributed by atoms with Gasteiger partial charge in [0, 0.05) is 0 Å². The fraction of sp³-hybridized carbons (Fsp3) is 0.727. The van der Waals surface area contributed by atoms with E-state index in [0.717, 1.165) is 50.4 Å². The van der Waals surface area contributed by atoms with Gasteiger partial charge in [-0.15, -0.1) is 0 Å². The van der Waals surface area contributed by atoms with Crippen LogP contribution in [-0.2, 0) is 16.3 Å². The topological polar surface area (TPSA) is 43.4 Å². The smallest absolute Gasteiger partial charge is 0.152 e. The molecule has 1 aliphatic rings. The number of ether oxygens (including phenoxy) is 1. The van der Waals surface area contributed by atoms with Crippen molar-refractivity contribution in [2.45, 2.75) is 77.4 Å². The van der Waals surface area contributed by atoms with Gasteiger partial charge in [-0.05, 0) is 75.5 Å². The number of hydrogen-bond donors (Lipinski definition) is 0. The maximum absolute atomic E-state index is 12.1. The van der Waals surface area contributed by atoms with Gasteiger partial charge in [-0.1, -0.05) is 38.3 Å². The van der Waals surface area contributed by atoms with E-state index in [4.69, 9.17) is 4.74 Å². The molecule has 148 valence electrons. The number of sulfone groups is 1. The number of aryl methyl sites for hydroxylation is 1. The Bertz CT molecular complexity index is 629. The van der Waals surface area contributed by atoms with Crippen LogP contribution in [0.1, 0.15) is 71.3 Å². The first-order valence-electron chi connectivity index (χ1n) is 10.3. The van der Waals surface area contributed by atoms with Gasteiger partial charge in [-0.3, -0.25) is 0 Å². The van der Waals surface area contributed by atoms with Crippen LogP contribution in [0.25, 0.3) is 0 Å². The highest BCUT2D eigenvalue weighted by atomic mass is 32.2. The molecule has 3 nitrogen and oxygen atoms in total. The third kappa shape index (κ3) is 6.94. The number of rotatable bonds is 10. The summed E-state index contributed by atoms with van der Waals surface area (Å²) in [7, 11) is -2.90. The summed E-state index contributed by atoms with van der Waals surface area (Å²) in [4.78, 5) is 0. The molecule has 1 fully saturated rings. The SMILES string of the molecule is CCCCOc1cccc(CCC2CCC(CS(=O)(=O)C(C)C)CC2)c1. The molecule has 4 heteroatoms. The van der Waals surface area contributed by atoms with Crippen LogP contribution in [0, 0.1) is 11.8 Å². The molecule has 0 aromatic heterocycles. The van der Waals surface area contributed by atoms with E-state index in [1.807, 2.05) is 6.07 Å². The Balaban J connectivity index is 1.74. The third-order valence-corrected chi connectivity index (χ3v) is 8.03. The molecular weight excluding hydrogens is 344 g/mol. The van der Waals surface area contributed by atoms with Crippen molar-refractivity contribution in [1.82, 2.24) is 0 Å². The van der Waals surface area contributed by atoms with Crippen LogP contribution in [0.15, 0.2) is 24.3 Å². The highest BCUT2D eigenvalue weighted by molar-refractivity contribution is 7.91. The Morgan fingerprint density at radius 2 is 1.81 bits per heavy atom. The Labute approximate surface area is 160 Å². The van der Waals surface area contributed by atoms with Gasteiger partial charge in [0.2, 0.25) is 0 Å². The largest absolute Gasteiger partial charge is 0.494 e. The minimum Gasteiger partial charge on any atom is -0.494 e. The molecule has 1 aromatic rings. The highest BCUT2D eigenvalue weighted by Gasteiger charge is 2.27. The molecule has 0 saturated heterocycles. The van der Waals surface area contributed by atoms with Crippen LogP contribution in [0.3, 0.4) is 0 Å². The van der Waals surface area contributed by atoms with Gasteiger partial charge in [0.05, 0.1) is 17.6 Å². The van der Waals surface area contributed by atoms with E-state index in [0.29, 0.717) is 11.7 Å². The van der Waals surface area contributed by atoms with E-state index in [1.54, 1.807) is 13.8 Å². The van der Waals surface area contributed by atoms with Gasteiger partial charge in [0.1, 0.15) is 5.75 Å². The molecule has 2 rings (SSSR count). The zero-order valence-corrected chi connectivity index (χ0v) is 17.6. The summed E-state index contributed by atoms with van der Waals surface area (Å²) in [6, 6.07) is 8.49. The maximum Gasteiger partial charge on any atom is 0.152 e. The molecular formula is C22H36O3S. The van der Waals surface area contributed by atoms with Crippen molar-refractivity contribution in [1.29, 1.82) is 0 Å². The highest BCUT2D eigenvalue weighted by Crippen LogP contribution is 2.33. The van der Waals surface area contributed by atoms with Crippen molar-refractivity contribution in [2.75, 3.05) is 12.4 Å². The summed E-state index contributed by atoms with van der Waals surface area (Å²) >= 11 is 0. The Morgan fingerprint density at radius 3 is 2.46 bits per heavy atom. The lowest BCUT2D eigenvalue weighted by Gasteiger charge is -2.28. The number of hydrogen-bond acceptors (Lipinski definition) is 3. The minimum atomic E-state index is -2.90. The van der Waals surface area contributed by atoms with Crippen molar-refractivity contribution in [3.63, 3.8) is 0 Å². The van der Waals surface area contributed by atoms with E-state index in [9.17, 15) is 8.42 Å². The monoisotopic (exact) mass is 380 g/mol. The van der Waals surface area contributed by atoms with Gasteiger partial charge in [-0.2, -0.15) is 0 Å². The summed E-state index contributed by atoms with van der Waals surface area (Å²) in [5.41, 5.74) is 1.35. The van der Waals surface area contributed by atoms with E-state index in [-0.39, 0.29) is 5.25 Å². The van der Waals surface area contributed by atoms with E-state index >= 15 is 0 Å². The van der Waals surface area contributed by atoms with Crippen LogP contribution >= 0.6 is 0 Å². The molecule has 0 spiro atoms. The van der Waals surface area contributed by atoms with Gasteiger partial charge in [0.25, 0.3) is 0 Å². The quantitative estimate of drug-likeness (QED) is 0.509. The Kier molecular flexibility index (Phi) is 8.46. The summed E-state index contributed by atoms with van der Waals surface area (Å²) < 4.78 is 30.0. The van der Waals surface area contributed by atoms with Crippen LogP contribution in [0.2, 0.25) is 0 Å². The predicted octanol–water partition coefficient (Wildman–Crippen LogP) is 5.43. The molecule has 0 heterocycles. The first-order chi connectivity index (χ1) is 12.4. The normalized spacial score (nSPS) is 21.1. The zero-order valence-electron chi connectivity index (χ0n) is 16.7. The Hall–Kier alpha value is -1.03. The number of unbranched alkanes of at least 4 members (excludes halogenated alkanes) is 1. The fourth-order valence-corrected chi connectivity index (χ4v) is 5.08. The molecule has 0 unspecified atom stereocenters. The second-order valence-corrected chi connectivity index (χ2v) is 10.8. The molecule has 0 N–H and O–H groups in total. The van der Waals surface area contributed by atoms with Gasteiger partial charge >= 0.3 is 0 Å². The van der Waals surface area contributed by atoms with Gasteiger partial charge in [0.15, 0.2) is 9.84 Å². The summed E-state index contributed by atoms with van der Waals surface area (Å²) in [6.45, 7) is 6.55. The van der Waals surface area contributed by atoms with Crippen LogP contribution in [0.4, 0.5) is 0 Å². The second kappa shape index (κ2) is 10.3. The van der Waals surface area contributed by atoms with E-state index in [1.165, 1.54) is 24.8 Å². The second-order valence-electron chi connectivity index (χ2n) is 8.15. The maximum atomic E-state index is 12.1. The first kappa shape index (κ1) is 21.3. The third-order valence-electron chi connectivity index (χ3n) is 5.66. The average Bonchev–Trinajstić information content (AvgIpc) is 2.61. The molecule has 0 bridgehead atoms. The molecule has 1 aromatic carbocycles. The standard InChI is InChI=1S/C22H36O3S/c1-4-5-15-25-22-8-6-7-20(16-22)12-9-19-10-13-21(14-11-19)17-26(23,24)18(2)3/h6-8,16,18-19,21H,4-5,9-15,17H2,1-3H3. The fourth-order valence-electron chi connectivity index (χ4n) is 3.70. The molecule has 1 aliphatic carbocycles. The Morgan fingerprint density at radius 1 is 1.12 bits per heavy atom. The molecule has 1 saturated carbocycles. The van der Waals surface area contributed by atoms with Gasteiger partial charge < -0.3 is 4.74 Å². The van der Waals surface area contributed by atoms with Crippen molar-refractivity contribution in [2.24, 2.45) is 11.8 Å². The lowest BCUT2D eigenvalue weighted by atomic mass is 9.80. The van der Waals surface area contributed by atoms with E-state index < -0.39 is 9.84 Å². The average molecular weight is 381 g/mol. The zero-order chi connectivity index (χ0) is 19.0. The number of benzene rings is 1.